The van der Waals surface area contributed by atoms with E-state index in [-0.39, 0.29) is 31.5 Å². The van der Waals surface area contributed by atoms with Crippen molar-refractivity contribution in [3.8, 4) is 0 Å². The molecule has 14 atom stereocenters. The number of nitrogens with one attached hydrogen (secondary N) is 2. The molecule has 0 aromatic carbocycles. The molecule has 2 heterocycles. The first-order chi connectivity index (χ1) is 63.9. The van der Waals surface area contributed by atoms with Gasteiger partial charge in [-0.05, 0) is 57.8 Å². The zero-order valence-corrected chi connectivity index (χ0v) is 85.5. The van der Waals surface area contributed by atoms with Crippen LogP contribution in [0.1, 0.15) is 562 Å². The first kappa shape index (κ1) is 123. The normalized spacial score (nSPS) is 19.6. The standard InChI is InChI=1S/C110H206N2O19/c1-8-15-22-29-36-43-45-46-48-54-60-67-74-81-94(115)90(77-70-63-56-49-38-31-24-17-10-3)84-97(116)111-103-107(130-101(120)85-91(114)78-71-64-57-50-39-32-25-18-11-4)106(123)96(128-109(103)124)89-125-110-104(112-98(117)86-92(79-72-65-58-51-40-33-26-19-12-5)126-99(118)82-75-68-61-53-42-35-28-21-14-7)108(105(122)95(88-113)129-110)131-102(121)87-93(80-73-66-59-52-41-34-27-20-13-6)127-100(119)83-76-69-62-55-47-44-37-30-23-16-9-2/h90-93,95-96,103-110,113-114,122-124H,8-89H2,1-7H3,(H,111,116)(H,112,117)/t90-,91-,92-,93-,95-,96-,103-,104-,105-,106-,107-,108-,109+,110-/m1/s1. The molecule has 0 bridgehead atoms. The highest BCUT2D eigenvalue weighted by Crippen LogP contribution is 2.32. The number of esters is 4. The van der Waals surface area contributed by atoms with E-state index in [1.54, 1.807) is 0 Å². The second kappa shape index (κ2) is 87.7. The topological polar surface area (TPSA) is 309 Å². The van der Waals surface area contributed by atoms with E-state index in [0.717, 1.165) is 193 Å². The molecule has 2 fully saturated rings. The molecule has 2 amide bonds. The number of amides is 2. The van der Waals surface area contributed by atoms with Gasteiger partial charge in [0.05, 0.1) is 38.6 Å². The van der Waals surface area contributed by atoms with Crippen LogP contribution < -0.4 is 10.6 Å². The van der Waals surface area contributed by atoms with Crippen molar-refractivity contribution in [2.75, 3.05) is 13.2 Å². The predicted molar refractivity (Wildman–Crippen MR) is 532 cm³/mol. The quantitative estimate of drug-likeness (QED) is 0.0169. The Balaban J connectivity index is 2.72. The van der Waals surface area contributed by atoms with Crippen molar-refractivity contribution in [2.45, 2.75) is 642 Å². The molecule has 0 radical (unpaired) electrons. The second-order valence-corrected chi connectivity index (χ2v) is 39.9. The van der Waals surface area contributed by atoms with Crippen LogP contribution in [0.5, 0.6) is 0 Å². The Labute approximate surface area is 801 Å². The summed E-state index contributed by atoms with van der Waals surface area (Å²) in [5, 5.41) is 65.6. The number of ketones is 1. The molecule has 0 aromatic heterocycles. The fourth-order valence-corrected chi connectivity index (χ4v) is 18.9. The first-order valence-electron chi connectivity index (χ1n) is 56.0. The Morgan fingerprint density at radius 3 is 0.939 bits per heavy atom. The molecule has 2 aliphatic heterocycles. The van der Waals surface area contributed by atoms with Gasteiger partial charge in [-0.15, -0.1) is 0 Å². The molecule has 0 aromatic rings. The fraction of sp³-hybridized carbons (Fsp3) is 0.936. The van der Waals surface area contributed by atoms with Crippen LogP contribution in [-0.4, -0.2) is 160 Å². The van der Waals surface area contributed by atoms with Crippen molar-refractivity contribution in [1.82, 2.24) is 10.6 Å². The molecule has 131 heavy (non-hydrogen) atoms. The predicted octanol–water partition coefficient (Wildman–Crippen LogP) is 26.7. The number of hydrogen-bond donors (Lipinski definition) is 7. The molecule has 2 rings (SSSR count). The number of hydrogen-bond acceptors (Lipinski definition) is 19. The summed E-state index contributed by atoms with van der Waals surface area (Å²) in [6.07, 6.45) is 59.1. The molecular weight excluding hydrogens is 1650 g/mol. The second-order valence-electron chi connectivity index (χ2n) is 39.9. The van der Waals surface area contributed by atoms with Crippen LogP contribution in [0.3, 0.4) is 0 Å². The van der Waals surface area contributed by atoms with Gasteiger partial charge in [0, 0.05) is 31.6 Å². The molecule has 2 aliphatic rings. The summed E-state index contributed by atoms with van der Waals surface area (Å²) in [4.78, 5) is 101. The van der Waals surface area contributed by atoms with E-state index in [0.29, 0.717) is 70.6 Å². The molecule has 0 aliphatic carbocycles. The summed E-state index contributed by atoms with van der Waals surface area (Å²) in [7, 11) is 0. The van der Waals surface area contributed by atoms with E-state index in [1.807, 2.05) is 0 Å². The van der Waals surface area contributed by atoms with Crippen molar-refractivity contribution < 1.29 is 92.3 Å². The third-order valence-electron chi connectivity index (χ3n) is 27.4. The Kier molecular flexibility index (Phi) is 82.5. The monoisotopic (exact) mass is 1860 g/mol. The van der Waals surface area contributed by atoms with Gasteiger partial charge in [0.1, 0.15) is 54.5 Å². The Bertz CT molecular complexity index is 2670. The Hall–Kier alpha value is -3.83. The summed E-state index contributed by atoms with van der Waals surface area (Å²) >= 11 is 0. The fourth-order valence-electron chi connectivity index (χ4n) is 18.9. The number of rotatable bonds is 95. The van der Waals surface area contributed by atoms with Crippen LogP contribution in [0.15, 0.2) is 0 Å². The Morgan fingerprint density at radius 1 is 0.298 bits per heavy atom. The molecule has 7 N–H and O–H groups in total. The highest BCUT2D eigenvalue weighted by molar-refractivity contribution is 5.87. The largest absolute Gasteiger partial charge is 0.462 e. The summed E-state index contributed by atoms with van der Waals surface area (Å²) < 4.78 is 43.9. The lowest BCUT2D eigenvalue weighted by molar-refractivity contribution is -0.300. The average Bonchev–Trinajstić information content (AvgIpc) is 0.787. The van der Waals surface area contributed by atoms with E-state index in [1.165, 1.54) is 212 Å². The van der Waals surface area contributed by atoms with Crippen molar-refractivity contribution in [1.29, 1.82) is 0 Å². The van der Waals surface area contributed by atoms with E-state index in [2.05, 4.69) is 59.1 Å². The number of aliphatic hydroxyl groups excluding tert-OH is 5. The molecular formula is C110H206N2O19. The lowest BCUT2D eigenvalue weighted by Gasteiger charge is -2.45. The van der Waals surface area contributed by atoms with Gasteiger partial charge in [-0.3, -0.25) is 33.6 Å². The van der Waals surface area contributed by atoms with E-state index in [9.17, 15) is 54.3 Å². The minimum absolute atomic E-state index is 0.00649. The SMILES string of the molecule is CCCCCCCCCCCCCCCC(=O)[C@H](CCCCCCCCCCC)CC(=O)N[C@@H]1[C@@H](OC(=O)C[C@H](O)CCCCCCCCCCC)[C@H](O)[C@@H](CO[C@@H]2O[C@H](CO)[C@@H](O)[C@H](OC(=O)C[C@@H](CCCCCCCCCCC)OC(=O)CCCCCCCCCCCCC)[C@H]2NC(=O)C[C@@H](CCCCCCCCCCC)OC(=O)CCCCCCCCCCC)O[C@@H]1O. The summed E-state index contributed by atoms with van der Waals surface area (Å²) in [6, 6.07) is -3.19. The first-order valence-corrected chi connectivity index (χ1v) is 56.0. The van der Waals surface area contributed by atoms with Crippen LogP contribution in [0.4, 0.5) is 0 Å². The molecule has 2 saturated heterocycles. The van der Waals surface area contributed by atoms with Crippen molar-refractivity contribution in [3.05, 3.63) is 0 Å². The third-order valence-corrected chi connectivity index (χ3v) is 27.4. The smallest absolute Gasteiger partial charge is 0.310 e. The van der Waals surface area contributed by atoms with Crippen molar-refractivity contribution >= 4 is 41.5 Å². The lowest BCUT2D eigenvalue weighted by atomic mass is 9.89. The van der Waals surface area contributed by atoms with Gasteiger partial charge in [-0.1, -0.05) is 459 Å². The molecule has 0 spiro atoms. The van der Waals surface area contributed by atoms with Crippen LogP contribution in [0.2, 0.25) is 0 Å². The van der Waals surface area contributed by atoms with Gasteiger partial charge in [0.2, 0.25) is 11.8 Å². The molecule has 0 saturated carbocycles. The van der Waals surface area contributed by atoms with Gasteiger partial charge < -0.3 is 69.3 Å². The van der Waals surface area contributed by atoms with Crippen molar-refractivity contribution in [2.24, 2.45) is 5.92 Å². The maximum Gasteiger partial charge on any atom is 0.310 e. The van der Waals surface area contributed by atoms with Crippen LogP contribution in [0.25, 0.3) is 0 Å². The summed E-state index contributed by atoms with van der Waals surface area (Å²) in [6.45, 7) is 13.9. The van der Waals surface area contributed by atoms with Gasteiger partial charge in [-0.25, -0.2) is 0 Å². The molecule has 770 valence electrons. The summed E-state index contributed by atoms with van der Waals surface area (Å²) in [5.41, 5.74) is 0. The lowest BCUT2D eigenvalue weighted by Crippen LogP contribution is -2.67. The molecule has 21 heteroatoms. The number of aliphatic hydroxyl groups is 5. The average molecular weight is 1860 g/mol. The van der Waals surface area contributed by atoms with Crippen molar-refractivity contribution in [3.63, 3.8) is 0 Å². The van der Waals surface area contributed by atoms with E-state index >= 15 is 4.79 Å². The zero-order chi connectivity index (χ0) is 95.5. The minimum Gasteiger partial charge on any atom is -0.462 e. The van der Waals surface area contributed by atoms with Gasteiger partial charge in [-0.2, -0.15) is 0 Å². The maximum absolute atomic E-state index is 15.1. The van der Waals surface area contributed by atoms with Crippen LogP contribution in [-0.2, 0) is 66.7 Å². The van der Waals surface area contributed by atoms with Crippen LogP contribution in [0, 0.1) is 5.92 Å². The van der Waals surface area contributed by atoms with E-state index in [4.69, 9.17) is 33.2 Å². The highest BCUT2D eigenvalue weighted by atomic mass is 16.7. The minimum atomic E-state index is -1.98. The van der Waals surface area contributed by atoms with Gasteiger partial charge in [0.15, 0.2) is 24.8 Å². The number of carbonyl (C=O) groups is 7. The zero-order valence-electron chi connectivity index (χ0n) is 85.5. The van der Waals surface area contributed by atoms with Crippen LogP contribution >= 0.6 is 0 Å². The number of ether oxygens (including phenoxy) is 7. The number of unbranched alkanes of at least 4 members (excludes halogenated alkanes) is 62. The number of carbonyl (C=O) groups excluding carboxylic acids is 7. The maximum atomic E-state index is 15.1. The summed E-state index contributed by atoms with van der Waals surface area (Å²) in [5.74, 6) is -4.57. The molecule has 0 unspecified atom stereocenters. The van der Waals surface area contributed by atoms with Gasteiger partial charge >= 0.3 is 23.9 Å². The third kappa shape index (κ3) is 67.2. The van der Waals surface area contributed by atoms with E-state index < -0.39 is 147 Å². The Morgan fingerprint density at radius 2 is 0.580 bits per heavy atom. The molecule has 21 nitrogen and oxygen atoms in total. The highest BCUT2D eigenvalue weighted by Gasteiger charge is 2.52. The number of Topliss-reactive ketones (excluding diaryl/α,β-unsaturated/α-hetero) is 1. The van der Waals surface area contributed by atoms with Gasteiger partial charge in [0.25, 0.3) is 0 Å².